The van der Waals surface area contributed by atoms with E-state index in [-0.39, 0.29) is 117 Å². The number of carboxylic acid groups (broad SMARTS) is 1. The van der Waals surface area contributed by atoms with Gasteiger partial charge in [0.1, 0.15) is 54.2 Å². The van der Waals surface area contributed by atoms with Gasteiger partial charge in [0.15, 0.2) is 34.9 Å². The van der Waals surface area contributed by atoms with Crippen LogP contribution in [0.5, 0.6) is 34.5 Å². The number of aliphatic carboxylic acids is 1. The van der Waals surface area contributed by atoms with E-state index >= 15 is 0 Å². The summed E-state index contributed by atoms with van der Waals surface area (Å²) in [5, 5.41) is 86.9. The lowest BCUT2D eigenvalue weighted by Crippen LogP contribution is -2.61. The number of aliphatic hydroxyl groups is 7. The summed E-state index contributed by atoms with van der Waals surface area (Å²) in [4.78, 5) is 48.8. The van der Waals surface area contributed by atoms with E-state index < -0.39 is 114 Å². The highest BCUT2D eigenvalue weighted by Gasteiger charge is 2.49. The molecule has 85 heavy (non-hydrogen) atoms. The molecule has 2 saturated heterocycles. The molecule has 4 heterocycles. The first-order valence-electron chi connectivity index (χ1n) is 26.4. The largest absolute Gasteiger partial charge is 0.501 e. The van der Waals surface area contributed by atoms with Gasteiger partial charge in [-0.25, -0.2) is 4.79 Å². The van der Waals surface area contributed by atoms with Crippen molar-refractivity contribution in [2.75, 3.05) is 97.4 Å². The highest BCUT2D eigenvalue weighted by atomic mass is 35.5. The third kappa shape index (κ3) is 14.6. The fraction of sp³-hybridized carbons (Fsp3) is 0.491. The lowest BCUT2D eigenvalue weighted by molar-refractivity contribution is -0.277. The molecule has 8 rings (SSSR count). The Bertz CT molecular complexity index is 3350. The van der Waals surface area contributed by atoms with E-state index in [1.54, 1.807) is 13.0 Å². The van der Waals surface area contributed by atoms with Crippen molar-refractivity contribution in [2.24, 2.45) is 5.11 Å². The highest BCUT2D eigenvalue weighted by molar-refractivity contribution is 7.82. The van der Waals surface area contributed by atoms with Crippen LogP contribution in [0.15, 0.2) is 65.8 Å². The van der Waals surface area contributed by atoms with Gasteiger partial charge in [-0.2, -0.15) is 0 Å². The summed E-state index contributed by atoms with van der Waals surface area (Å²) in [5.41, 5.74) is 9.12. The lowest BCUT2D eigenvalue weighted by atomic mass is 9.95. The first kappa shape index (κ1) is 64.0. The van der Waals surface area contributed by atoms with Gasteiger partial charge in [-0.1, -0.05) is 5.11 Å². The van der Waals surface area contributed by atoms with E-state index in [4.69, 9.17) is 68.1 Å². The molecule has 0 saturated carbocycles. The Kier molecular flexibility index (Phi) is 21.4. The number of nitrogens with zero attached hydrogens (tertiary/aromatic N) is 5. The van der Waals surface area contributed by atoms with Gasteiger partial charge in [0.05, 0.1) is 65.7 Å². The Hall–Kier alpha value is -7.04. The molecule has 2 fully saturated rings. The van der Waals surface area contributed by atoms with E-state index in [1.165, 1.54) is 66.4 Å². The summed E-state index contributed by atoms with van der Waals surface area (Å²) in [6.07, 6.45) is -18.5. The average molecular weight is 1240 g/mol. The number of carboxylic acids is 1. The zero-order valence-corrected chi connectivity index (χ0v) is 47.3. The SMILES string of the molecule is CCOc1cc2cc(C(=O)N3C[C@@H](CCl)c4c3cc(OS(=O)(=O)Oc3cc(C(=O)N(C)CCOCCOCCOCCN=[N+]=[N-])ccc3O[C@@H]3O[C@H](CO)[C@@H](O)[C@H](O)[C@H]3O)c3ccc(OC)cc43)[nH]c2cc1OC1O[C@H](C(=O)O)[C@@H](O)[C@H](O)[C@H]1O. The van der Waals surface area contributed by atoms with Gasteiger partial charge in [-0.05, 0) is 71.9 Å². The van der Waals surface area contributed by atoms with Gasteiger partial charge in [0.2, 0.25) is 12.6 Å². The van der Waals surface area contributed by atoms with Crippen LogP contribution in [0.3, 0.4) is 0 Å². The van der Waals surface area contributed by atoms with Gasteiger partial charge >= 0.3 is 16.4 Å². The molecule has 1 unspecified atom stereocenters. The van der Waals surface area contributed by atoms with Gasteiger partial charge in [-0.3, -0.25) is 9.59 Å². The molecule has 0 radical (unpaired) electrons. The normalized spacial score (nSPS) is 23.9. The second kappa shape index (κ2) is 28.4. The van der Waals surface area contributed by atoms with E-state index in [9.17, 15) is 63.7 Å². The summed E-state index contributed by atoms with van der Waals surface area (Å²) in [7, 11) is -2.49. The van der Waals surface area contributed by atoms with Gasteiger partial charge < -0.3 is 107 Å². The molecule has 11 atom stereocenters. The van der Waals surface area contributed by atoms with Crippen LogP contribution in [0.4, 0.5) is 5.69 Å². The summed E-state index contributed by atoms with van der Waals surface area (Å²) in [6, 6.07) is 13.7. The van der Waals surface area contributed by atoms with Crippen molar-refractivity contribution < 1.29 is 115 Å². The van der Waals surface area contributed by atoms with Crippen molar-refractivity contribution in [3.8, 4) is 34.5 Å². The number of carbonyl (C=O) groups excluding carboxylic acids is 2. The quantitative estimate of drug-likeness (QED) is 0.0112. The number of aromatic nitrogens is 1. The predicted octanol–water partition coefficient (Wildman–Crippen LogP) is 1.30. The number of ether oxygens (including phenoxy) is 9. The van der Waals surface area contributed by atoms with Gasteiger partial charge in [0, 0.05) is 77.4 Å². The van der Waals surface area contributed by atoms with Crippen LogP contribution in [0.25, 0.3) is 32.1 Å². The monoisotopic (exact) mass is 1230 g/mol. The number of methoxy groups -OCH3 is 1. The number of aliphatic hydroxyl groups excluding tert-OH is 7. The number of aromatic amines is 1. The molecule has 4 aromatic carbocycles. The first-order valence-corrected chi connectivity index (χ1v) is 28.2. The number of amides is 2. The first-order chi connectivity index (χ1) is 40.7. The number of fused-ring (bicyclic) bond motifs is 4. The Morgan fingerprint density at radius 2 is 1.46 bits per heavy atom. The fourth-order valence-electron chi connectivity index (χ4n) is 9.54. The van der Waals surface area contributed by atoms with Crippen LogP contribution < -0.4 is 32.2 Å². The number of azide groups is 1. The molecule has 3 aliphatic rings. The number of hydrogen-bond donors (Lipinski definition) is 9. The topological polar surface area (TPSA) is 420 Å². The van der Waals surface area contributed by atoms with E-state index in [1.807, 2.05) is 0 Å². The molecule has 2 amide bonds. The molecular weight excluding hydrogens is 1170 g/mol. The van der Waals surface area contributed by atoms with Gasteiger partial charge in [-0.15, -0.1) is 20.0 Å². The molecule has 0 bridgehead atoms. The number of benzene rings is 4. The van der Waals surface area contributed by atoms with Crippen molar-refractivity contribution in [3.05, 3.63) is 87.9 Å². The molecule has 462 valence electrons. The maximum absolute atomic E-state index is 14.8. The molecule has 1 aromatic heterocycles. The molecule has 0 spiro atoms. The average Bonchev–Trinajstić information content (AvgIpc) is 1.74. The van der Waals surface area contributed by atoms with Crippen LogP contribution in [0.1, 0.15) is 39.3 Å². The number of carbonyl (C=O) groups is 3. The third-order valence-electron chi connectivity index (χ3n) is 13.9. The Balaban J connectivity index is 1.07. The minimum atomic E-state index is -5.35. The Morgan fingerprint density at radius 3 is 2.13 bits per heavy atom. The molecular formula is C53H63ClN6O24S. The predicted molar refractivity (Wildman–Crippen MR) is 294 cm³/mol. The lowest BCUT2D eigenvalue weighted by Gasteiger charge is -2.39. The molecule has 3 aliphatic heterocycles. The number of likely N-dealkylation sites (N-methyl/N-ethyl adjacent to an activating group) is 1. The number of rotatable bonds is 28. The van der Waals surface area contributed by atoms with Crippen molar-refractivity contribution >= 4 is 67.1 Å². The Morgan fingerprint density at radius 1 is 0.788 bits per heavy atom. The molecule has 5 aromatic rings. The summed E-state index contributed by atoms with van der Waals surface area (Å²) in [6.45, 7) is 2.34. The summed E-state index contributed by atoms with van der Waals surface area (Å²) < 4.78 is 90.3. The fourth-order valence-corrected chi connectivity index (χ4v) is 10.5. The van der Waals surface area contributed by atoms with E-state index in [2.05, 4.69) is 15.0 Å². The van der Waals surface area contributed by atoms with Crippen LogP contribution in [0, 0.1) is 0 Å². The number of halogens is 1. The third-order valence-corrected chi connectivity index (χ3v) is 15.0. The molecule has 30 nitrogen and oxygen atoms in total. The van der Waals surface area contributed by atoms with Crippen molar-refractivity contribution in [1.82, 2.24) is 9.88 Å². The maximum Gasteiger partial charge on any atom is 0.501 e. The maximum atomic E-state index is 14.8. The second-order valence-corrected chi connectivity index (χ2v) is 20.9. The number of anilines is 1. The van der Waals surface area contributed by atoms with Crippen LogP contribution in [-0.4, -0.2) is 231 Å². The molecule has 0 aliphatic carbocycles. The number of H-pyrrole nitrogens is 1. The van der Waals surface area contributed by atoms with E-state index in [0.29, 0.717) is 22.1 Å². The highest BCUT2D eigenvalue weighted by Crippen LogP contribution is 2.48. The number of alkyl halides is 1. The minimum absolute atomic E-state index is 0.0117. The van der Waals surface area contributed by atoms with Crippen LogP contribution in [0.2, 0.25) is 0 Å². The molecule has 9 N–H and O–H groups in total. The van der Waals surface area contributed by atoms with Crippen LogP contribution >= 0.6 is 11.6 Å². The smallest absolute Gasteiger partial charge is 0.497 e. The van der Waals surface area contributed by atoms with Gasteiger partial charge in [0.25, 0.3) is 11.8 Å². The zero-order chi connectivity index (χ0) is 61.3. The zero-order valence-electron chi connectivity index (χ0n) is 45.7. The number of nitrogens with one attached hydrogen (secondary N) is 1. The standard InChI is InChI=1S/C53H63ClN6O24S/c1-4-78-37-19-27-17-33(57-32(27)21-38(37)80-53-47(67)44(64)45(65)48(82-53)51(70)71)50(69)60-24-28(23-54)41-31-20-29(74-3)6-7-30(31)36(22-34(41)60)83-85(72,73)84-39-18-26(5-8-35(39)79-52-46(66)43(63)42(62)40(25-61)81-52)49(68)59(2)10-12-76-14-16-77-15-13-75-11-9-56-58-55/h5-8,17-22,28,40,42-48,52-53,57,61-67H,4,9-16,23-25H2,1-3H3,(H,70,71)/t28-,40-,42-,43+,44+,45+,46-,47-,48+,52-,53?/m1/s1. The van der Waals surface area contributed by atoms with Crippen molar-refractivity contribution in [3.63, 3.8) is 0 Å². The second-order valence-electron chi connectivity index (χ2n) is 19.4. The summed E-state index contributed by atoms with van der Waals surface area (Å²) >= 11 is 6.61. The van der Waals surface area contributed by atoms with Crippen molar-refractivity contribution in [2.45, 2.75) is 74.3 Å². The Labute approximate surface area is 489 Å². The van der Waals surface area contributed by atoms with Crippen molar-refractivity contribution in [1.29, 1.82) is 0 Å². The van der Waals surface area contributed by atoms with E-state index in [0.717, 1.165) is 12.1 Å². The number of hydrogen-bond acceptors (Lipinski definition) is 24. The minimum Gasteiger partial charge on any atom is -0.497 e. The summed E-state index contributed by atoms with van der Waals surface area (Å²) in [5.74, 6) is -4.77. The molecule has 32 heteroatoms. The van der Waals surface area contributed by atoms with Crippen LogP contribution in [-0.2, 0) is 38.9 Å².